The van der Waals surface area contributed by atoms with E-state index in [1.807, 2.05) is 24.8 Å². The summed E-state index contributed by atoms with van der Waals surface area (Å²) in [5.74, 6) is 1.06. The van der Waals surface area contributed by atoms with Crippen LogP contribution in [0.2, 0.25) is 15.1 Å². The van der Waals surface area contributed by atoms with Crippen molar-refractivity contribution in [2.24, 2.45) is 0 Å². The summed E-state index contributed by atoms with van der Waals surface area (Å²) in [6.45, 7) is 6.01. The summed E-state index contributed by atoms with van der Waals surface area (Å²) in [6.07, 6.45) is 1.83. The zero-order valence-corrected chi connectivity index (χ0v) is 21.5. The topological polar surface area (TPSA) is 93.6 Å². The molecule has 0 radical (unpaired) electrons. The molecule has 2 fully saturated rings. The standard InChI is InChI=1S/C23H29Cl3N6O2/c1-13(17-6-5-15(24)10-18(17)25)28-21-20(26)14(2)29-23(30-21)31-8-9-32(16(11-31)12-33)22(34)19-4-3-7-27-19/h5-6,10,13,16,19,27,33H,3-4,7-9,11-12H2,1-2H3,(H,28,29,30)/t13?,16-,19+/m0/s1. The largest absolute Gasteiger partial charge is 0.394 e. The Bertz CT molecular complexity index is 1050. The molecule has 3 atom stereocenters. The predicted octanol–water partition coefficient (Wildman–Crippen LogP) is 3.68. The lowest BCUT2D eigenvalue weighted by Crippen LogP contribution is -2.60. The average Bonchev–Trinajstić information content (AvgIpc) is 3.36. The third-order valence-corrected chi connectivity index (χ3v) is 7.42. The molecule has 1 aromatic carbocycles. The van der Waals surface area contributed by atoms with Crippen LogP contribution in [-0.2, 0) is 4.79 Å². The maximum Gasteiger partial charge on any atom is 0.240 e. The van der Waals surface area contributed by atoms with Crippen molar-refractivity contribution in [1.29, 1.82) is 0 Å². The van der Waals surface area contributed by atoms with Crippen molar-refractivity contribution in [2.75, 3.05) is 43.0 Å². The SMILES string of the molecule is Cc1nc(N2CCN(C(=O)[C@H]3CCCN3)[C@H](CO)C2)nc(NC(C)c2ccc(Cl)cc2Cl)c1Cl. The second-order valence-electron chi connectivity index (χ2n) is 8.77. The highest BCUT2D eigenvalue weighted by Gasteiger charge is 2.35. The molecule has 1 aromatic heterocycles. The third-order valence-electron chi connectivity index (χ3n) is 6.41. The van der Waals surface area contributed by atoms with E-state index < -0.39 is 0 Å². The summed E-state index contributed by atoms with van der Waals surface area (Å²) in [5.41, 5.74) is 1.51. The van der Waals surface area contributed by atoms with Gasteiger partial charge in [-0.1, -0.05) is 40.9 Å². The first kappa shape index (κ1) is 25.3. The molecule has 0 spiro atoms. The van der Waals surface area contributed by atoms with Gasteiger partial charge < -0.3 is 25.5 Å². The molecule has 2 saturated heterocycles. The molecule has 184 valence electrons. The zero-order valence-electron chi connectivity index (χ0n) is 19.2. The van der Waals surface area contributed by atoms with E-state index in [9.17, 15) is 9.90 Å². The molecule has 0 aliphatic carbocycles. The van der Waals surface area contributed by atoms with Gasteiger partial charge in [-0.3, -0.25) is 4.79 Å². The number of nitrogens with zero attached hydrogens (tertiary/aromatic N) is 4. The maximum atomic E-state index is 12.9. The van der Waals surface area contributed by atoms with E-state index in [2.05, 4.69) is 15.6 Å². The molecule has 1 amide bonds. The number of benzene rings is 1. The Hall–Kier alpha value is -1.84. The summed E-state index contributed by atoms with van der Waals surface area (Å²) in [5, 5.41) is 18.2. The highest BCUT2D eigenvalue weighted by atomic mass is 35.5. The van der Waals surface area contributed by atoms with Crippen LogP contribution in [0.15, 0.2) is 18.2 Å². The van der Waals surface area contributed by atoms with E-state index in [-0.39, 0.29) is 30.6 Å². The Morgan fingerprint density at radius 3 is 2.76 bits per heavy atom. The zero-order chi connectivity index (χ0) is 24.4. The Morgan fingerprint density at radius 2 is 2.09 bits per heavy atom. The van der Waals surface area contributed by atoms with Crippen LogP contribution in [0.4, 0.5) is 11.8 Å². The van der Waals surface area contributed by atoms with Crippen molar-refractivity contribution in [3.8, 4) is 0 Å². The summed E-state index contributed by atoms with van der Waals surface area (Å²) in [7, 11) is 0. The number of piperazine rings is 1. The lowest BCUT2D eigenvalue weighted by Gasteiger charge is -2.41. The minimum Gasteiger partial charge on any atom is -0.394 e. The maximum absolute atomic E-state index is 12.9. The summed E-state index contributed by atoms with van der Waals surface area (Å²) in [6, 6.07) is 4.69. The normalized spacial score (nSPS) is 21.6. The summed E-state index contributed by atoms with van der Waals surface area (Å²) < 4.78 is 0. The highest BCUT2D eigenvalue weighted by molar-refractivity contribution is 6.35. The van der Waals surface area contributed by atoms with Gasteiger partial charge in [0.15, 0.2) is 5.82 Å². The number of anilines is 2. The molecule has 0 saturated carbocycles. The molecule has 3 N–H and O–H groups in total. The molecule has 8 nitrogen and oxygen atoms in total. The second kappa shape index (κ2) is 10.8. The number of nitrogens with one attached hydrogen (secondary N) is 2. The van der Waals surface area contributed by atoms with Gasteiger partial charge >= 0.3 is 0 Å². The number of halogens is 3. The molecule has 11 heteroatoms. The molecule has 2 aliphatic heterocycles. The minimum absolute atomic E-state index is 0.0560. The average molecular weight is 528 g/mol. The molecule has 4 rings (SSSR count). The number of aliphatic hydroxyl groups excluding tert-OH is 1. The van der Waals surface area contributed by atoms with E-state index >= 15 is 0 Å². The van der Waals surface area contributed by atoms with Crippen LogP contribution in [0.1, 0.15) is 37.1 Å². The van der Waals surface area contributed by atoms with Gasteiger partial charge in [0.05, 0.1) is 30.4 Å². The lowest BCUT2D eigenvalue weighted by molar-refractivity contribution is -0.136. The Morgan fingerprint density at radius 1 is 1.29 bits per heavy atom. The Balaban J connectivity index is 1.52. The van der Waals surface area contributed by atoms with Crippen LogP contribution < -0.4 is 15.5 Å². The molecular formula is C23H29Cl3N6O2. The first-order valence-corrected chi connectivity index (χ1v) is 12.6. The molecule has 2 aliphatic rings. The van der Waals surface area contributed by atoms with Gasteiger partial charge in [-0.25, -0.2) is 4.98 Å². The van der Waals surface area contributed by atoms with Gasteiger partial charge in [-0.2, -0.15) is 4.98 Å². The summed E-state index contributed by atoms with van der Waals surface area (Å²) in [4.78, 5) is 26.0. The molecule has 0 bridgehead atoms. The van der Waals surface area contributed by atoms with Gasteiger partial charge in [0.1, 0.15) is 5.02 Å². The fraction of sp³-hybridized carbons (Fsp3) is 0.522. The number of hydrogen-bond acceptors (Lipinski definition) is 7. The van der Waals surface area contributed by atoms with Crippen LogP contribution >= 0.6 is 34.8 Å². The van der Waals surface area contributed by atoms with Crippen molar-refractivity contribution in [2.45, 2.75) is 44.8 Å². The Kier molecular flexibility index (Phi) is 8.05. The van der Waals surface area contributed by atoms with Gasteiger partial charge in [0.2, 0.25) is 11.9 Å². The molecule has 1 unspecified atom stereocenters. The van der Waals surface area contributed by atoms with E-state index in [4.69, 9.17) is 39.8 Å². The lowest BCUT2D eigenvalue weighted by atomic mass is 10.1. The number of amides is 1. The van der Waals surface area contributed by atoms with Crippen molar-refractivity contribution < 1.29 is 9.90 Å². The Labute approximate surface area is 214 Å². The number of hydrogen-bond donors (Lipinski definition) is 3. The second-order valence-corrected chi connectivity index (χ2v) is 9.99. The van der Waals surface area contributed by atoms with E-state index in [0.717, 1.165) is 24.9 Å². The van der Waals surface area contributed by atoms with Crippen LogP contribution in [0.3, 0.4) is 0 Å². The molecule has 2 aromatic rings. The first-order valence-electron chi connectivity index (χ1n) is 11.4. The van der Waals surface area contributed by atoms with Crippen molar-refractivity contribution in [3.63, 3.8) is 0 Å². The number of aromatic nitrogens is 2. The van der Waals surface area contributed by atoms with Crippen LogP contribution in [-0.4, -0.2) is 70.8 Å². The minimum atomic E-state index is -0.327. The number of aryl methyl sites for hydroxylation is 1. The first-order chi connectivity index (χ1) is 16.3. The van der Waals surface area contributed by atoms with Crippen LogP contribution in [0, 0.1) is 6.92 Å². The van der Waals surface area contributed by atoms with Gasteiger partial charge in [0.25, 0.3) is 0 Å². The van der Waals surface area contributed by atoms with E-state index in [1.54, 1.807) is 17.0 Å². The molecular weight excluding hydrogens is 499 g/mol. The molecule has 3 heterocycles. The number of carbonyl (C=O) groups excluding carboxylic acids is 1. The van der Waals surface area contributed by atoms with Gasteiger partial charge in [-0.05, 0) is 50.9 Å². The fourth-order valence-electron chi connectivity index (χ4n) is 4.50. The van der Waals surface area contributed by atoms with Crippen LogP contribution in [0.25, 0.3) is 0 Å². The highest BCUT2D eigenvalue weighted by Crippen LogP contribution is 2.32. The molecule has 34 heavy (non-hydrogen) atoms. The monoisotopic (exact) mass is 526 g/mol. The predicted molar refractivity (Wildman–Crippen MR) is 136 cm³/mol. The number of rotatable bonds is 6. The van der Waals surface area contributed by atoms with E-state index in [1.165, 1.54) is 0 Å². The smallest absolute Gasteiger partial charge is 0.240 e. The summed E-state index contributed by atoms with van der Waals surface area (Å²) >= 11 is 18.9. The quantitative estimate of drug-likeness (QED) is 0.528. The van der Waals surface area contributed by atoms with Crippen molar-refractivity contribution in [3.05, 3.63) is 44.5 Å². The van der Waals surface area contributed by atoms with Crippen molar-refractivity contribution >= 4 is 52.5 Å². The van der Waals surface area contributed by atoms with Crippen LogP contribution in [0.5, 0.6) is 0 Å². The third kappa shape index (κ3) is 5.36. The number of carbonyl (C=O) groups is 1. The number of aliphatic hydroxyl groups is 1. The van der Waals surface area contributed by atoms with Gasteiger partial charge in [0, 0.05) is 29.7 Å². The fourth-order valence-corrected chi connectivity index (χ4v) is 5.21. The van der Waals surface area contributed by atoms with Crippen molar-refractivity contribution in [1.82, 2.24) is 20.2 Å². The van der Waals surface area contributed by atoms with Gasteiger partial charge in [-0.15, -0.1) is 0 Å². The van der Waals surface area contributed by atoms with E-state index in [0.29, 0.717) is 52.2 Å².